The molecule has 0 saturated carbocycles. The van der Waals surface area contributed by atoms with E-state index in [0.717, 1.165) is 11.3 Å². The highest BCUT2D eigenvalue weighted by Gasteiger charge is 2.27. The molecule has 0 spiro atoms. The van der Waals surface area contributed by atoms with Crippen LogP contribution >= 0.6 is 23.4 Å². The third kappa shape index (κ3) is 5.86. The van der Waals surface area contributed by atoms with Gasteiger partial charge in [-0.15, -0.1) is 0 Å². The molecule has 1 fully saturated rings. The Hall–Kier alpha value is -2.32. The van der Waals surface area contributed by atoms with Crippen molar-refractivity contribution in [2.75, 3.05) is 35.6 Å². The van der Waals surface area contributed by atoms with E-state index in [-0.39, 0.29) is 23.6 Å². The minimum Gasteiger partial charge on any atom is -0.353 e. The van der Waals surface area contributed by atoms with Crippen LogP contribution in [0.5, 0.6) is 0 Å². The van der Waals surface area contributed by atoms with Gasteiger partial charge >= 0.3 is 0 Å². The fourth-order valence-corrected chi connectivity index (χ4v) is 4.20. The summed E-state index contributed by atoms with van der Waals surface area (Å²) in [4.78, 5) is 37.1. The average Bonchev–Trinajstić information content (AvgIpc) is 2.73. The van der Waals surface area contributed by atoms with E-state index in [1.54, 1.807) is 6.07 Å². The molecular formula is C21H26ClN5O2S. The van der Waals surface area contributed by atoms with Crippen LogP contribution in [0.2, 0.25) is 5.15 Å². The van der Waals surface area contributed by atoms with E-state index in [9.17, 15) is 9.59 Å². The van der Waals surface area contributed by atoms with Crippen LogP contribution in [0.3, 0.4) is 0 Å². The third-order valence-corrected chi connectivity index (χ3v) is 5.94. The highest BCUT2D eigenvalue weighted by molar-refractivity contribution is 7.99. The predicted molar refractivity (Wildman–Crippen MR) is 121 cm³/mol. The molecule has 1 aliphatic rings. The van der Waals surface area contributed by atoms with Gasteiger partial charge in [0.05, 0.1) is 5.75 Å². The molecule has 1 aromatic carbocycles. The maximum Gasteiger partial charge on any atom is 0.234 e. The highest BCUT2D eigenvalue weighted by Crippen LogP contribution is 2.24. The van der Waals surface area contributed by atoms with Crippen molar-refractivity contribution in [2.24, 2.45) is 0 Å². The number of benzene rings is 1. The number of rotatable bonds is 6. The standard InChI is InChI=1S/C21H26ClN5O2S/c1-4-20(29)27-10-9-26(12-15(27)3)18-11-17(22)24-21(25-18)30-13-19(28)23-16-7-5-14(2)6-8-16/h5-8,11,15H,4,9-10,12-13H2,1-3H3,(H,23,28). The van der Waals surface area contributed by atoms with E-state index in [2.05, 4.69) is 20.2 Å². The lowest BCUT2D eigenvalue weighted by Crippen LogP contribution is -2.54. The van der Waals surface area contributed by atoms with Crippen LogP contribution in [0.25, 0.3) is 0 Å². The molecule has 0 aliphatic carbocycles. The Labute approximate surface area is 186 Å². The Morgan fingerprint density at radius 3 is 2.63 bits per heavy atom. The van der Waals surface area contributed by atoms with Crippen molar-refractivity contribution in [2.45, 2.75) is 38.4 Å². The molecule has 1 N–H and O–H groups in total. The summed E-state index contributed by atoms with van der Waals surface area (Å²) in [7, 11) is 0. The van der Waals surface area contributed by atoms with Gasteiger partial charge in [0.25, 0.3) is 0 Å². The molecule has 9 heteroatoms. The van der Waals surface area contributed by atoms with Gasteiger partial charge in [0.1, 0.15) is 11.0 Å². The summed E-state index contributed by atoms with van der Waals surface area (Å²) in [6, 6.07) is 9.46. The monoisotopic (exact) mass is 447 g/mol. The zero-order valence-corrected chi connectivity index (χ0v) is 19.0. The van der Waals surface area contributed by atoms with Crippen LogP contribution in [0, 0.1) is 6.92 Å². The second kappa shape index (κ2) is 10.1. The topological polar surface area (TPSA) is 78.4 Å². The third-order valence-electron chi connectivity index (χ3n) is 4.90. The Bertz CT molecular complexity index is 909. The smallest absolute Gasteiger partial charge is 0.234 e. The number of aromatic nitrogens is 2. The molecule has 160 valence electrons. The Morgan fingerprint density at radius 2 is 1.97 bits per heavy atom. The van der Waals surface area contributed by atoms with Gasteiger partial charge in [0.2, 0.25) is 11.8 Å². The first kappa shape index (κ1) is 22.4. The summed E-state index contributed by atoms with van der Waals surface area (Å²) in [5.41, 5.74) is 1.89. The molecule has 7 nitrogen and oxygen atoms in total. The number of aryl methyl sites for hydroxylation is 1. The maximum atomic E-state index is 12.2. The van der Waals surface area contributed by atoms with E-state index in [1.807, 2.05) is 49.9 Å². The first-order valence-corrected chi connectivity index (χ1v) is 11.3. The van der Waals surface area contributed by atoms with Crippen molar-refractivity contribution < 1.29 is 9.59 Å². The van der Waals surface area contributed by atoms with Crippen LogP contribution in [0.15, 0.2) is 35.5 Å². The molecule has 2 heterocycles. The van der Waals surface area contributed by atoms with Gasteiger partial charge in [-0.3, -0.25) is 9.59 Å². The summed E-state index contributed by atoms with van der Waals surface area (Å²) in [6.07, 6.45) is 0.509. The first-order valence-electron chi connectivity index (χ1n) is 9.94. The highest BCUT2D eigenvalue weighted by atomic mass is 35.5. The molecule has 0 radical (unpaired) electrons. The first-order chi connectivity index (χ1) is 14.4. The van der Waals surface area contributed by atoms with Crippen LogP contribution < -0.4 is 10.2 Å². The van der Waals surface area contributed by atoms with Gasteiger partial charge in [-0.2, -0.15) is 0 Å². The number of carbonyl (C=O) groups excluding carboxylic acids is 2. The fraction of sp³-hybridized carbons (Fsp3) is 0.429. The van der Waals surface area contributed by atoms with Crippen molar-refractivity contribution in [3.05, 3.63) is 41.0 Å². The Balaban J connectivity index is 1.60. The van der Waals surface area contributed by atoms with Crippen molar-refractivity contribution in [3.8, 4) is 0 Å². The lowest BCUT2D eigenvalue weighted by molar-refractivity contribution is -0.133. The van der Waals surface area contributed by atoms with Gasteiger partial charge in [-0.25, -0.2) is 9.97 Å². The second-order valence-corrected chi connectivity index (χ2v) is 8.60. The molecule has 1 unspecified atom stereocenters. The zero-order valence-electron chi connectivity index (χ0n) is 17.4. The fourth-order valence-electron chi connectivity index (χ4n) is 3.32. The Morgan fingerprint density at radius 1 is 1.23 bits per heavy atom. The Kier molecular flexibility index (Phi) is 7.55. The van der Waals surface area contributed by atoms with Crippen LogP contribution in [-0.4, -0.2) is 58.1 Å². The van der Waals surface area contributed by atoms with Crippen molar-refractivity contribution in [3.63, 3.8) is 0 Å². The number of nitrogens with one attached hydrogen (secondary N) is 1. The number of anilines is 2. The molecule has 2 aromatic rings. The second-order valence-electron chi connectivity index (χ2n) is 7.27. The number of carbonyl (C=O) groups is 2. The minimum absolute atomic E-state index is 0.0938. The number of piperazine rings is 1. The summed E-state index contributed by atoms with van der Waals surface area (Å²) >= 11 is 7.45. The number of halogens is 1. The summed E-state index contributed by atoms with van der Waals surface area (Å²) < 4.78 is 0. The van der Waals surface area contributed by atoms with Crippen molar-refractivity contribution in [1.29, 1.82) is 0 Å². The van der Waals surface area contributed by atoms with E-state index in [1.165, 1.54) is 11.8 Å². The quantitative estimate of drug-likeness (QED) is 0.414. The van der Waals surface area contributed by atoms with Crippen LogP contribution in [-0.2, 0) is 9.59 Å². The van der Waals surface area contributed by atoms with Gasteiger partial charge in [0, 0.05) is 43.9 Å². The maximum absolute atomic E-state index is 12.2. The van der Waals surface area contributed by atoms with Crippen molar-refractivity contribution >= 4 is 46.7 Å². The van der Waals surface area contributed by atoms with Gasteiger partial charge < -0.3 is 15.1 Å². The number of hydrogen-bond acceptors (Lipinski definition) is 6. The lowest BCUT2D eigenvalue weighted by Gasteiger charge is -2.40. The molecule has 0 bridgehead atoms. The van der Waals surface area contributed by atoms with Crippen LogP contribution in [0.4, 0.5) is 11.5 Å². The SMILES string of the molecule is CCC(=O)N1CCN(c2cc(Cl)nc(SCC(=O)Nc3ccc(C)cc3)n2)CC1C. The molecule has 3 rings (SSSR count). The number of nitrogens with zero attached hydrogens (tertiary/aromatic N) is 4. The molecule has 2 amide bonds. The molecule has 30 heavy (non-hydrogen) atoms. The van der Waals surface area contributed by atoms with E-state index >= 15 is 0 Å². The number of thioether (sulfide) groups is 1. The van der Waals surface area contributed by atoms with Gasteiger partial charge in [0.15, 0.2) is 5.16 Å². The van der Waals surface area contributed by atoms with Crippen molar-refractivity contribution in [1.82, 2.24) is 14.9 Å². The van der Waals surface area contributed by atoms with E-state index in [4.69, 9.17) is 11.6 Å². The largest absolute Gasteiger partial charge is 0.353 e. The van der Waals surface area contributed by atoms with E-state index in [0.29, 0.717) is 42.2 Å². The van der Waals surface area contributed by atoms with Gasteiger partial charge in [-0.1, -0.05) is 48.0 Å². The molecule has 1 aromatic heterocycles. The summed E-state index contributed by atoms with van der Waals surface area (Å²) in [6.45, 7) is 7.92. The summed E-state index contributed by atoms with van der Waals surface area (Å²) in [5, 5.41) is 3.65. The summed E-state index contributed by atoms with van der Waals surface area (Å²) in [5.74, 6) is 0.933. The predicted octanol–water partition coefficient (Wildman–Crippen LogP) is 3.62. The zero-order chi connectivity index (χ0) is 21.7. The molecule has 1 atom stereocenters. The molecule has 1 saturated heterocycles. The van der Waals surface area contributed by atoms with E-state index < -0.39 is 0 Å². The average molecular weight is 448 g/mol. The molecule has 1 aliphatic heterocycles. The number of hydrogen-bond donors (Lipinski definition) is 1. The minimum atomic E-state index is -0.130. The lowest BCUT2D eigenvalue weighted by atomic mass is 10.1. The number of amides is 2. The van der Waals surface area contributed by atoms with Gasteiger partial charge in [-0.05, 0) is 26.0 Å². The van der Waals surface area contributed by atoms with Crippen LogP contribution in [0.1, 0.15) is 25.8 Å². The molecular weight excluding hydrogens is 422 g/mol. The normalized spacial score (nSPS) is 16.5.